The van der Waals surface area contributed by atoms with Gasteiger partial charge in [-0.25, -0.2) is 0 Å². The van der Waals surface area contributed by atoms with Gasteiger partial charge in [-0.15, -0.1) is 0 Å². The summed E-state index contributed by atoms with van der Waals surface area (Å²) in [5.41, 5.74) is 0.951. The molecule has 3 amide bonds. The van der Waals surface area contributed by atoms with Gasteiger partial charge in [0.25, 0.3) is 5.91 Å². The zero-order valence-corrected chi connectivity index (χ0v) is 21.9. The van der Waals surface area contributed by atoms with E-state index >= 15 is 0 Å². The first-order valence-electron chi connectivity index (χ1n) is 12.6. The van der Waals surface area contributed by atoms with E-state index in [4.69, 9.17) is 5.11 Å². The first-order chi connectivity index (χ1) is 18.7. The molecule has 1 heterocycles. The summed E-state index contributed by atoms with van der Waals surface area (Å²) < 4.78 is 0. The summed E-state index contributed by atoms with van der Waals surface area (Å²) >= 11 is 0. The fourth-order valence-corrected chi connectivity index (χ4v) is 4.11. The van der Waals surface area contributed by atoms with Crippen molar-refractivity contribution in [2.24, 2.45) is 5.92 Å². The number of carbonyl (C=O) groups excluding carboxylic acids is 4. The first-order valence-corrected chi connectivity index (χ1v) is 12.6. The first kappa shape index (κ1) is 29.0. The van der Waals surface area contributed by atoms with Crippen LogP contribution in [0.1, 0.15) is 42.7 Å². The lowest BCUT2D eigenvalue weighted by molar-refractivity contribution is -0.139. The molecule has 1 aromatic heterocycles. The van der Waals surface area contributed by atoms with Crippen LogP contribution in [-0.2, 0) is 25.7 Å². The summed E-state index contributed by atoms with van der Waals surface area (Å²) in [4.78, 5) is 67.7. The zero-order chi connectivity index (χ0) is 28.4. The number of aldehydes is 1. The van der Waals surface area contributed by atoms with Crippen LogP contribution in [0.3, 0.4) is 0 Å². The number of nitrogens with one attached hydrogen (secondary N) is 2. The van der Waals surface area contributed by atoms with Crippen LogP contribution < -0.4 is 10.6 Å². The molecule has 0 aliphatic rings. The van der Waals surface area contributed by atoms with Crippen molar-refractivity contribution in [2.75, 3.05) is 6.54 Å². The summed E-state index contributed by atoms with van der Waals surface area (Å²) in [7, 11) is 0. The van der Waals surface area contributed by atoms with Gasteiger partial charge in [0.1, 0.15) is 18.0 Å². The van der Waals surface area contributed by atoms with E-state index in [9.17, 15) is 24.0 Å². The molecule has 0 bridgehead atoms. The van der Waals surface area contributed by atoms with E-state index in [1.54, 1.807) is 44.2 Å². The maximum Gasteiger partial charge on any atom is 0.303 e. The Bertz CT molecular complexity index is 1320. The van der Waals surface area contributed by atoms with Gasteiger partial charge in [-0.1, -0.05) is 68.4 Å². The summed E-state index contributed by atoms with van der Waals surface area (Å²) in [5, 5.41) is 15.7. The molecule has 204 valence electrons. The fraction of sp³-hybridized carbons (Fsp3) is 0.310. The number of carboxylic acid groups (broad SMARTS) is 1. The Morgan fingerprint density at radius 1 is 0.974 bits per heavy atom. The van der Waals surface area contributed by atoms with Gasteiger partial charge in [0.15, 0.2) is 0 Å². The number of carbonyl (C=O) groups is 5. The van der Waals surface area contributed by atoms with Gasteiger partial charge in [0.05, 0.1) is 12.6 Å². The van der Waals surface area contributed by atoms with Crippen LogP contribution in [0.5, 0.6) is 0 Å². The SMILES string of the molecule is CC(C)C(NC(=O)c1nccc2ccccc12)C(=O)N(CC(=O)N[C@@H](C=O)CCC(=O)O)Cc1ccccc1. The minimum absolute atomic E-state index is 0.0695. The number of aromatic nitrogens is 1. The molecule has 10 heteroatoms. The molecule has 39 heavy (non-hydrogen) atoms. The number of fused-ring (bicyclic) bond motifs is 1. The smallest absolute Gasteiger partial charge is 0.303 e. The topological polar surface area (TPSA) is 146 Å². The van der Waals surface area contributed by atoms with Gasteiger partial charge >= 0.3 is 5.97 Å². The number of aliphatic carboxylic acids is 1. The highest BCUT2D eigenvalue weighted by molar-refractivity contribution is 6.06. The van der Waals surface area contributed by atoms with Crippen molar-refractivity contribution in [3.63, 3.8) is 0 Å². The molecular formula is C29H32N4O6. The summed E-state index contributed by atoms with van der Waals surface area (Å²) in [6.45, 7) is 3.26. The third kappa shape index (κ3) is 8.19. The Morgan fingerprint density at radius 2 is 1.67 bits per heavy atom. The quantitative estimate of drug-likeness (QED) is 0.287. The van der Waals surface area contributed by atoms with Crippen LogP contribution in [0.15, 0.2) is 66.9 Å². The average molecular weight is 533 g/mol. The summed E-state index contributed by atoms with van der Waals surface area (Å²) in [6, 6.07) is 16.2. The number of rotatable bonds is 13. The molecule has 10 nitrogen and oxygen atoms in total. The Balaban J connectivity index is 1.82. The van der Waals surface area contributed by atoms with Crippen LogP contribution in [-0.4, -0.2) is 63.6 Å². The minimum atomic E-state index is -1.09. The number of nitrogens with zero attached hydrogens (tertiary/aromatic N) is 2. The predicted molar refractivity (Wildman–Crippen MR) is 145 cm³/mol. The molecule has 1 unspecified atom stereocenters. The fourth-order valence-electron chi connectivity index (χ4n) is 4.11. The van der Waals surface area contributed by atoms with Crippen molar-refractivity contribution < 1.29 is 29.1 Å². The van der Waals surface area contributed by atoms with Gasteiger partial charge < -0.3 is 25.4 Å². The van der Waals surface area contributed by atoms with E-state index < -0.39 is 42.3 Å². The van der Waals surface area contributed by atoms with Crippen LogP contribution in [0.4, 0.5) is 0 Å². The maximum absolute atomic E-state index is 13.8. The number of pyridine rings is 1. The molecule has 0 saturated heterocycles. The molecule has 0 aliphatic carbocycles. The Hall–Kier alpha value is -4.60. The van der Waals surface area contributed by atoms with Crippen molar-refractivity contribution in [3.8, 4) is 0 Å². The molecule has 3 aromatic rings. The van der Waals surface area contributed by atoms with Crippen molar-refractivity contribution in [1.29, 1.82) is 0 Å². The highest BCUT2D eigenvalue weighted by Crippen LogP contribution is 2.18. The van der Waals surface area contributed by atoms with Crippen LogP contribution in [0.2, 0.25) is 0 Å². The molecule has 2 atom stereocenters. The molecule has 0 radical (unpaired) electrons. The lowest BCUT2D eigenvalue weighted by Crippen LogP contribution is -2.53. The average Bonchev–Trinajstić information content (AvgIpc) is 2.93. The third-order valence-electron chi connectivity index (χ3n) is 6.15. The van der Waals surface area contributed by atoms with Gasteiger partial charge in [0.2, 0.25) is 11.8 Å². The van der Waals surface area contributed by atoms with Crippen LogP contribution in [0, 0.1) is 5.92 Å². The largest absolute Gasteiger partial charge is 0.481 e. The number of hydrogen-bond acceptors (Lipinski definition) is 6. The van der Waals surface area contributed by atoms with E-state index in [1.807, 2.05) is 30.3 Å². The normalized spacial score (nSPS) is 12.4. The predicted octanol–water partition coefficient (Wildman–Crippen LogP) is 2.57. The van der Waals surface area contributed by atoms with E-state index in [-0.39, 0.29) is 31.0 Å². The van der Waals surface area contributed by atoms with E-state index in [1.165, 1.54) is 11.1 Å². The maximum atomic E-state index is 13.8. The molecule has 3 rings (SSSR count). The van der Waals surface area contributed by atoms with Crippen LogP contribution >= 0.6 is 0 Å². The molecule has 2 aromatic carbocycles. The highest BCUT2D eigenvalue weighted by Gasteiger charge is 2.31. The zero-order valence-electron chi connectivity index (χ0n) is 21.9. The minimum Gasteiger partial charge on any atom is -0.481 e. The van der Waals surface area contributed by atoms with E-state index in [0.29, 0.717) is 11.7 Å². The molecule has 0 saturated carbocycles. The van der Waals surface area contributed by atoms with Gasteiger partial charge in [-0.2, -0.15) is 0 Å². The Morgan fingerprint density at radius 3 is 2.33 bits per heavy atom. The standard InChI is InChI=1S/C29H32N4O6/c1-19(2)26(32-28(38)27-23-11-7-6-10-21(23)14-15-30-27)29(39)33(16-20-8-4-3-5-9-20)17-24(35)31-22(18-34)12-13-25(36)37/h3-11,14-15,18-19,22,26H,12-13,16-17H2,1-2H3,(H,31,35)(H,32,38)(H,36,37)/t22-,26?/m1/s1. The number of benzene rings is 2. The van der Waals surface area contributed by atoms with Gasteiger partial charge in [0, 0.05) is 24.5 Å². The Labute approximate surface area is 226 Å². The number of hydrogen-bond donors (Lipinski definition) is 3. The van der Waals surface area contributed by atoms with Crippen molar-refractivity contribution in [3.05, 3.63) is 78.1 Å². The lowest BCUT2D eigenvalue weighted by atomic mass is 10.0. The second kappa shape index (κ2) is 13.8. The number of carboxylic acids is 1. The van der Waals surface area contributed by atoms with E-state index in [0.717, 1.165) is 10.9 Å². The lowest BCUT2D eigenvalue weighted by Gasteiger charge is -2.30. The monoisotopic (exact) mass is 532 g/mol. The van der Waals surface area contributed by atoms with Crippen molar-refractivity contribution >= 4 is 40.7 Å². The summed E-state index contributed by atoms with van der Waals surface area (Å²) in [5.74, 6) is -3.03. The number of amides is 3. The van der Waals surface area contributed by atoms with Crippen molar-refractivity contribution in [1.82, 2.24) is 20.5 Å². The van der Waals surface area contributed by atoms with Gasteiger partial charge in [-0.3, -0.25) is 24.2 Å². The van der Waals surface area contributed by atoms with Gasteiger partial charge in [-0.05, 0) is 29.4 Å². The second-order valence-corrected chi connectivity index (χ2v) is 9.50. The van der Waals surface area contributed by atoms with Crippen LogP contribution in [0.25, 0.3) is 10.8 Å². The third-order valence-corrected chi connectivity index (χ3v) is 6.15. The summed E-state index contributed by atoms with van der Waals surface area (Å²) in [6.07, 6.45) is 1.64. The molecule has 0 spiro atoms. The molecule has 0 aliphatic heterocycles. The molecule has 3 N–H and O–H groups in total. The Kier molecular flexibility index (Phi) is 10.3. The molecule has 0 fully saturated rings. The van der Waals surface area contributed by atoms with E-state index in [2.05, 4.69) is 15.6 Å². The highest BCUT2D eigenvalue weighted by atomic mass is 16.4. The van der Waals surface area contributed by atoms with Crippen molar-refractivity contribution in [2.45, 2.75) is 45.3 Å². The molecular weight excluding hydrogens is 500 g/mol. The second-order valence-electron chi connectivity index (χ2n) is 9.50.